The number of ether oxygens (including phenoxy) is 1. The highest BCUT2D eigenvalue weighted by molar-refractivity contribution is 5.77. The fraction of sp³-hybridized carbons (Fsp3) is 0.600. The molecule has 0 radical (unpaired) electrons. The number of rotatable bonds is 4. The fourth-order valence-electron chi connectivity index (χ4n) is 2.51. The number of hydrogen-bond donors (Lipinski definition) is 0. The fourth-order valence-corrected chi connectivity index (χ4v) is 2.51. The van der Waals surface area contributed by atoms with Crippen molar-refractivity contribution in [1.29, 1.82) is 0 Å². The van der Waals surface area contributed by atoms with Crippen LogP contribution in [0.15, 0.2) is 18.2 Å². The van der Waals surface area contributed by atoms with E-state index in [0.29, 0.717) is 0 Å². The van der Waals surface area contributed by atoms with Gasteiger partial charge in [-0.05, 0) is 25.5 Å². The molecule has 1 aromatic rings. The van der Waals surface area contributed by atoms with Crippen molar-refractivity contribution in [2.75, 3.05) is 39.9 Å². The predicted octanol–water partition coefficient (Wildman–Crippen LogP) is 1.07. The van der Waals surface area contributed by atoms with Crippen LogP contribution in [0.4, 0.5) is 0 Å². The summed E-state index contributed by atoms with van der Waals surface area (Å²) in [5, 5.41) is 0. The Morgan fingerprint density at radius 2 is 2.15 bits per heavy atom. The van der Waals surface area contributed by atoms with Crippen molar-refractivity contribution in [1.82, 2.24) is 14.8 Å². The molecule has 1 aromatic heterocycles. The molecule has 0 saturated carbocycles. The van der Waals surface area contributed by atoms with Crippen molar-refractivity contribution in [3.63, 3.8) is 0 Å². The first-order chi connectivity index (χ1) is 9.69. The van der Waals surface area contributed by atoms with Gasteiger partial charge >= 0.3 is 0 Å². The topological polar surface area (TPSA) is 45.7 Å². The summed E-state index contributed by atoms with van der Waals surface area (Å²) in [6.45, 7) is 6.54. The van der Waals surface area contributed by atoms with Crippen molar-refractivity contribution in [3.05, 3.63) is 29.6 Å². The Kier molecular flexibility index (Phi) is 5.49. The second-order valence-corrected chi connectivity index (χ2v) is 5.21. The lowest BCUT2D eigenvalue weighted by molar-refractivity contribution is -0.135. The zero-order chi connectivity index (χ0) is 14.4. The third-order valence-electron chi connectivity index (χ3n) is 3.54. The molecule has 0 aromatic carbocycles. The Morgan fingerprint density at radius 3 is 2.90 bits per heavy atom. The number of methoxy groups -OCH3 is 1. The third kappa shape index (κ3) is 4.28. The first-order valence-electron chi connectivity index (χ1n) is 7.10. The van der Waals surface area contributed by atoms with Crippen molar-refractivity contribution >= 4 is 5.91 Å². The monoisotopic (exact) mass is 277 g/mol. The maximum absolute atomic E-state index is 11.8. The van der Waals surface area contributed by atoms with Gasteiger partial charge in [0.2, 0.25) is 5.91 Å². The van der Waals surface area contributed by atoms with Gasteiger partial charge in [0.1, 0.15) is 6.61 Å². The Bertz CT molecular complexity index is 450. The van der Waals surface area contributed by atoms with E-state index in [4.69, 9.17) is 4.74 Å². The van der Waals surface area contributed by atoms with E-state index in [1.54, 1.807) is 7.11 Å². The summed E-state index contributed by atoms with van der Waals surface area (Å²) in [6, 6.07) is 6.12. The SMILES string of the molecule is COCC(=O)N1CCCN(Cc2cccc(C)n2)CC1. The molecule has 1 saturated heterocycles. The van der Waals surface area contributed by atoms with Crippen LogP contribution in [0.5, 0.6) is 0 Å². The minimum atomic E-state index is 0.0861. The number of carbonyl (C=O) groups is 1. The van der Waals surface area contributed by atoms with Crippen LogP contribution in [-0.4, -0.2) is 60.6 Å². The number of aryl methyl sites for hydroxylation is 1. The van der Waals surface area contributed by atoms with Gasteiger partial charge in [0, 0.05) is 45.5 Å². The van der Waals surface area contributed by atoms with Crippen LogP contribution in [0.3, 0.4) is 0 Å². The van der Waals surface area contributed by atoms with Crippen LogP contribution in [-0.2, 0) is 16.1 Å². The molecule has 1 aliphatic heterocycles. The van der Waals surface area contributed by atoms with Crippen LogP contribution in [0.2, 0.25) is 0 Å². The van der Waals surface area contributed by atoms with Gasteiger partial charge in [-0.2, -0.15) is 0 Å². The van der Waals surface area contributed by atoms with Gasteiger partial charge in [0.15, 0.2) is 0 Å². The third-order valence-corrected chi connectivity index (χ3v) is 3.54. The average Bonchev–Trinajstić information content (AvgIpc) is 2.65. The summed E-state index contributed by atoms with van der Waals surface area (Å²) < 4.78 is 4.92. The molecule has 0 aliphatic carbocycles. The molecule has 1 amide bonds. The van der Waals surface area contributed by atoms with Crippen molar-refractivity contribution < 1.29 is 9.53 Å². The molecule has 2 heterocycles. The molecule has 0 N–H and O–H groups in total. The van der Waals surface area contributed by atoms with E-state index in [1.807, 2.05) is 24.0 Å². The van der Waals surface area contributed by atoms with Crippen LogP contribution in [0.25, 0.3) is 0 Å². The zero-order valence-corrected chi connectivity index (χ0v) is 12.3. The maximum Gasteiger partial charge on any atom is 0.248 e. The van der Waals surface area contributed by atoms with Crippen molar-refractivity contribution in [2.24, 2.45) is 0 Å². The van der Waals surface area contributed by atoms with E-state index in [0.717, 1.165) is 50.5 Å². The zero-order valence-electron chi connectivity index (χ0n) is 12.3. The molecule has 0 bridgehead atoms. The van der Waals surface area contributed by atoms with Gasteiger partial charge in [-0.3, -0.25) is 14.7 Å². The summed E-state index contributed by atoms with van der Waals surface area (Å²) in [4.78, 5) is 20.6. The van der Waals surface area contributed by atoms with Crippen LogP contribution in [0, 0.1) is 6.92 Å². The highest BCUT2D eigenvalue weighted by Gasteiger charge is 2.19. The van der Waals surface area contributed by atoms with Gasteiger partial charge in [0.25, 0.3) is 0 Å². The van der Waals surface area contributed by atoms with E-state index in [9.17, 15) is 4.79 Å². The number of amides is 1. The second-order valence-electron chi connectivity index (χ2n) is 5.21. The number of hydrogen-bond acceptors (Lipinski definition) is 4. The molecule has 110 valence electrons. The van der Waals surface area contributed by atoms with Gasteiger partial charge in [0.05, 0.1) is 5.69 Å². The van der Waals surface area contributed by atoms with Crippen LogP contribution < -0.4 is 0 Å². The highest BCUT2D eigenvalue weighted by atomic mass is 16.5. The summed E-state index contributed by atoms with van der Waals surface area (Å²) in [6.07, 6.45) is 1.00. The van der Waals surface area contributed by atoms with E-state index < -0.39 is 0 Å². The lowest BCUT2D eigenvalue weighted by Gasteiger charge is -2.21. The summed E-state index contributed by atoms with van der Waals surface area (Å²) in [5.41, 5.74) is 2.15. The van der Waals surface area contributed by atoms with E-state index in [-0.39, 0.29) is 12.5 Å². The minimum absolute atomic E-state index is 0.0861. The van der Waals surface area contributed by atoms with Gasteiger partial charge in [-0.15, -0.1) is 0 Å². The van der Waals surface area contributed by atoms with E-state index in [1.165, 1.54) is 0 Å². The number of aromatic nitrogens is 1. The molecule has 0 unspecified atom stereocenters. The average molecular weight is 277 g/mol. The lowest BCUT2D eigenvalue weighted by Crippen LogP contribution is -2.37. The normalized spacial score (nSPS) is 17.0. The molecule has 2 rings (SSSR count). The first kappa shape index (κ1) is 14.9. The summed E-state index contributed by atoms with van der Waals surface area (Å²) >= 11 is 0. The Labute approximate surface area is 120 Å². The van der Waals surface area contributed by atoms with E-state index in [2.05, 4.69) is 16.0 Å². The summed E-state index contributed by atoms with van der Waals surface area (Å²) in [7, 11) is 1.56. The Balaban J connectivity index is 1.88. The molecular formula is C15H23N3O2. The smallest absolute Gasteiger partial charge is 0.248 e. The number of nitrogens with zero attached hydrogens (tertiary/aromatic N) is 3. The first-order valence-corrected chi connectivity index (χ1v) is 7.10. The van der Waals surface area contributed by atoms with Gasteiger partial charge < -0.3 is 9.64 Å². The second kappa shape index (κ2) is 7.36. The minimum Gasteiger partial charge on any atom is -0.375 e. The van der Waals surface area contributed by atoms with Crippen LogP contribution in [0.1, 0.15) is 17.8 Å². The molecule has 5 nitrogen and oxygen atoms in total. The molecule has 0 atom stereocenters. The Morgan fingerprint density at radius 1 is 1.30 bits per heavy atom. The van der Waals surface area contributed by atoms with Gasteiger partial charge in [-0.1, -0.05) is 6.07 Å². The molecule has 5 heteroatoms. The number of carbonyl (C=O) groups excluding carboxylic acids is 1. The quantitative estimate of drug-likeness (QED) is 0.826. The summed E-state index contributed by atoms with van der Waals surface area (Å²) in [5.74, 6) is 0.0861. The maximum atomic E-state index is 11.8. The van der Waals surface area contributed by atoms with Crippen molar-refractivity contribution in [2.45, 2.75) is 19.9 Å². The molecular weight excluding hydrogens is 254 g/mol. The van der Waals surface area contributed by atoms with Crippen LogP contribution >= 0.6 is 0 Å². The van der Waals surface area contributed by atoms with Gasteiger partial charge in [-0.25, -0.2) is 0 Å². The highest BCUT2D eigenvalue weighted by Crippen LogP contribution is 2.08. The van der Waals surface area contributed by atoms with Crippen molar-refractivity contribution in [3.8, 4) is 0 Å². The lowest BCUT2D eigenvalue weighted by atomic mass is 10.3. The molecule has 1 aliphatic rings. The number of pyridine rings is 1. The largest absolute Gasteiger partial charge is 0.375 e. The molecule has 0 spiro atoms. The predicted molar refractivity (Wildman–Crippen MR) is 77.3 cm³/mol. The molecule has 20 heavy (non-hydrogen) atoms. The standard InChI is InChI=1S/C15H23N3O2/c1-13-5-3-6-14(16-13)11-17-7-4-8-18(10-9-17)15(19)12-20-2/h3,5-6H,4,7-12H2,1-2H3. The van der Waals surface area contributed by atoms with E-state index >= 15 is 0 Å². The Hall–Kier alpha value is -1.46. The molecule has 1 fully saturated rings.